The van der Waals surface area contributed by atoms with Gasteiger partial charge in [0.2, 0.25) is 0 Å². The van der Waals surface area contributed by atoms with E-state index in [1.165, 1.54) is 0 Å². The number of rotatable bonds is 5. The summed E-state index contributed by atoms with van der Waals surface area (Å²) >= 11 is 12.0. The highest BCUT2D eigenvalue weighted by Gasteiger charge is 2.32. The molecule has 0 spiro atoms. The lowest BCUT2D eigenvalue weighted by molar-refractivity contribution is 0.0683. The summed E-state index contributed by atoms with van der Waals surface area (Å²) in [6.45, 7) is 6.16. The SMILES string of the molecule is CC[C@@H](NC(=O)c1cc(C(=O)N2CCC[C@@H]2C)n2c1COCC2)c1cnc(Cl)c(Cl)c1. The average molecular weight is 465 g/mol. The Labute approximate surface area is 191 Å². The van der Waals surface area contributed by atoms with Crippen molar-refractivity contribution in [2.75, 3.05) is 13.2 Å². The maximum absolute atomic E-state index is 13.2. The fraction of sp³-hybridized carbons (Fsp3) is 0.500. The molecule has 2 aromatic heterocycles. The molecule has 0 aromatic carbocycles. The number of nitrogens with zero attached hydrogens (tertiary/aromatic N) is 3. The average Bonchev–Trinajstić information content (AvgIpc) is 3.37. The van der Waals surface area contributed by atoms with Crippen LogP contribution in [-0.4, -0.2) is 45.5 Å². The van der Waals surface area contributed by atoms with E-state index in [0.29, 0.717) is 42.5 Å². The molecule has 2 aromatic rings. The van der Waals surface area contributed by atoms with Crippen molar-refractivity contribution >= 4 is 35.0 Å². The lowest BCUT2D eigenvalue weighted by Gasteiger charge is -2.24. The molecule has 2 aliphatic heterocycles. The van der Waals surface area contributed by atoms with Crippen molar-refractivity contribution in [3.05, 3.63) is 51.0 Å². The maximum Gasteiger partial charge on any atom is 0.270 e. The van der Waals surface area contributed by atoms with Crippen LogP contribution in [0.4, 0.5) is 0 Å². The van der Waals surface area contributed by atoms with E-state index in [4.69, 9.17) is 27.9 Å². The van der Waals surface area contributed by atoms with Gasteiger partial charge in [0.1, 0.15) is 10.8 Å². The summed E-state index contributed by atoms with van der Waals surface area (Å²) in [5.41, 5.74) is 2.54. The first-order valence-corrected chi connectivity index (χ1v) is 11.4. The monoisotopic (exact) mass is 464 g/mol. The van der Waals surface area contributed by atoms with Crippen LogP contribution in [0.15, 0.2) is 18.3 Å². The summed E-state index contributed by atoms with van der Waals surface area (Å²) in [5, 5.41) is 3.62. The van der Waals surface area contributed by atoms with Gasteiger partial charge in [0.25, 0.3) is 11.8 Å². The number of fused-ring (bicyclic) bond motifs is 1. The Morgan fingerprint density at radius 1 is 1.32 bits per heavy atom. The van der Waals surface area contributed by atoms with Gasteiger partial charge < -0.3 is 19.5 Å². The Balaban J connectivity index is 1.62. The minimum absolute atomic E-state index is 0.0204. The fourth-order valence-corrected chi connectivity index (χ4v) is 4.64. The lowest BCUT2D eigenvalue weighted by atomic mass is 10.1. The number of pyridine rings is 1. The van der Waals surface area contributed by atoms with E-state index in [0.717, 1.165) is 30.6 Å². The Kier molecular flexibility index (Phi) is 6.55. The summed E-state index contributed by atoms with van der Waals surface area (Å²) in [4.78, 5) is 32.5. The molecular formula is C22H26Cl2N4O3. The highest BCUT2D eigenvalue weighted by molar-refractivity contribution is 6.41. The number of ether oxygens (including phenoxy) is 1. The van der Waals surface area contributed by atoms with Gasteiger partial charge in [-0.1, -0.05) is 30.1 Å². The van der Waals surface area contributed by atoms with Gasteiger partial charge in [-0.3, -0.25) is 9.59 Å². The van der Waals surface area contributed by atoms with Crippen LogP contribution in [0.3, 0.4) is 0 Å². The molecule has 2 aliphatic rings. The third kappa shape index (κ3) is 4.31. The lowest BCUT2D eigenvalue weighted by Crippen LogP contribution is -2.35. The maximum atomic E-state index is 13.2. The van der Waals surface area contributed by atoms with Gasteiger partial charge in [-0.2, -0.15) is 0 Å². The van der Waals surface area contributed by atoms with Gasteiger partial charge >= 0.3 is 0 Å². The van der Waals surface area contributed by atoms with E-state index in [1.807, 2.05) is 16.4 Å². The Morgan fingerprint density at radius 3 is 2.81 bits per heavy atom. The number of hydrogen-bond acceptors (Lipinski definition) is 4. The molecule has 0 bridgehead atoms. The van der Waals surface area contributed by atoms with Gasteiger partial charge in [0.15, 0.2) is 0 Å². The Morgan fingerprint density at radius 2 is 2.13 bits per heavy atom. The highest BCUT2D eigenvalue weighted by atomic mass is 35.5. The van der Waals surface area contributed by atoms with Crippen LogP contribution < -0.4 is 5.32 Å². The molecule has 4 rings (SSSR count). The van der Waals surface area contributed by atoms with E-state index >= 15 is 0 Å². The van der Waals surface area contributed by atoms with Crippen molar-refractivity contribution in [2.24, 2.45) is 0 Å². The fourth-order valence-electron chi connectivity index (χ4n) is 4.36. The normalized spacial score (nSPS) is 19.2. The number of aromatic nitrogens is 2. The van der Waals surface area contributed by atoms with E-state index in [-0.39, 0.29) is 29.1 Å². The molecule has 9 heteroatoms. The topological polar surface area (TPSA) is 76.5 Å². The van der Waals surface area contributed by atoms with Gasteiger partial charge in [0, 0.05) is 25.3 Å². The van der Waals surface area contributed by atoms with Crippen LogP contribution in [-0.2, 0) is 17.9 Å². The third-order valence-corrected chi connectivity index (χ3v) is 6.80. The number of nitrogens with one attached hydrogen (secondary N) is 1. The highest BCUT2D eigenvalue weighted by Crippen LogP contribution is 2.28. The van der Waals surface area contributed by atoms with Gasteiger partial charge in [-0.15, -0.1) is 0 Å². The number of amides is 2. The first-order valence-electron chi connectivity index (χ1n) is 10.6. The predicted octanol–water partition coefficient (Wildman–Crippen LogP) is 4.23. The molecule has 4 heterocycles. The Bertz CT molecular complexity index is 1010. The van der Waals surface area contributed by atoms with Crippen LogP contribution in [0.1, 0.15) is 71.3 Å². The molecule has 2 atom stereocenters. The van der Waals surface area contributed by atoms with Gasteiger partial charge in [-0.25, -0.2) is 4.98 Å². The minimum atomic E-state index is -0.285. The number of carbonyl (C=O) groups is 2. The van der Waals surface area contributed by atoms with Crippen molar-refractivity contribution in [3.8, 4) is 0 Å². The number of halogens is 2. The zero-order valence-corrected chi connectivity index (χ0v) is 19.2. The minimum Gasteiger partial charge on any atom is -0.373 e. The quantitative estimate of drug-likeness (QED) is 0.671. The summed E-state index contributed by atoms with van der Waals surface area (Å²) < 4.78 is 7.54. The standard InChI is InChI=1S/C22H26Cl2N4O3/c1-3-17(14-9-16(23)20(24)25-11-14)26-21(29)15-10-18(28-7-8-31-12-19(15)28)22(30)27-6-4-5-13(27)2/h9-11,13,17H,3-8,12H2,1-2H3,(H,26,29)/t13-,17+/m0/s1. The molecule has 1 N–H and O–H groups in total. The molecule has 0 radical (unpaired) electrons. The van der Waals surface area contributed by atoms with Crippen molar-refractivity contribution in [2.45, 2.75) is 58.3 Å². The van der Waals surface area contributed by atoms with Crippen molar-refractivity contribution in [3.63, 3.8) is 0 Å². The summed E-state index contributed by atoms with van der Waals surface area (Å²) in [7, 11) is 0. The zero-order valence-electron chi connectivity index (χ0n) is 17.7. The summed E-state index contributed by atoms with van der Waals surface area (Å²) in [6.07, 6.45) is 4.28. The van der Waals surface area contributed by atoms with Crippen LogP contribution in [0.2, 0.25) is 10.2 Å². The van der Waals surface area contributed by atoms with E-state index in [9.17, 15) is 9.59 Å². The largest absolute Gasteiger partial charge is 0.373 e. The van der Waals surface area contributed by atoms with E-state index < -0.39 is 0 Å². The van der Waals surface area contributed by atoms with Crippen LogP contribution >= 0.6 is 23.2 Å². The second-order valence-corrected chi connectivity index (χ2v) is 8.82. The summed E-state index contributed by atoms with van der Waals surface area (Å²) in [5.74, 6) is -0.270. The molecule has 166 valence electrons. The van der Waals surface area contributed by atoms with Crippen molar-refractivity contribution in [1.29, 1.82) is 0 Å². The first-order chi connectivity index (χ1) is 14.9. The molecule has 31 heavy (non-hydrogen) atoms. The second kappa shape index (κ2) is 9.18. The smallest absolute Gasteiger partial charge is 0.270 e. The molecule has 0 saturated carbocycles. The number of hydrogen-bond donors (Lipinski definition) is 1. The molecule has 7 nitrogen and oxygen atoms in total. The summed E-state index contributed by atoms with van der Waals surface area (Å²) in [6, 6.07) is 3.36. The zero-order chi connectivity index (χ0) is 22.1. The van der Waals surface area contributed by atoms with Crippen LogP contribution in [0.5, 0.6) is 0 Å². The van der Waals surface area contributed by atoms with Crippen LogP contribution in [0, 0.1) is 0 Å². The molecule has 1 saturated heterocycles. The molecule has 0 unspecified atom stereocenters. The number of likely N-dealkylation sites (tertiary alicyclic amines) is 1. The molecule has 1 fully saturated rings. The van der Waals surface area contributed by atoms with Gasteiger partial charge in [-0.05, 0) is 43.9 Å². The Hall–Kier alpha value is -2.09. The second-order valence-electron chi connectivity index (χ2n) is 8.06. The predicted molar refractivity (Wildman–Crippen MR) is 119 cm³/mol. The van der Waals surface area contributed by atoms with E-state index in [2.05, 4.69) is 17.2 Å². The van der Waals surface area contributed by atoms with E-state index in [1.54, 1.807) is 18.3 Å². The van der Waals surface area contributed by atoms with Crippen LogP contribution in [0.25, 0.3) is 0 Å². The first kappa shape index (κ1) is 22.1. The number of carbonyl (C=O) groups excluding carboxylic acids is 2. The van der Waals surface area contributed by atoms with Crippen molar-refractivity contribution < 1.29 is 14.3 Å². The van der Waals surface area contributed by atoms with Gasteiger partial charge in [0.05, 0.1) is 35.5 Å². The molecular weight excluding hydrogens is 439 g/mol. The van der Waals surface area contributed by atoms with Crippen molar-refractivity contribution in [1.82, 2.24) is 19.8 Å². The third-order valence-electron chi connectivity index (χ3n) is 6.12. The molecule has 2 amide bonds. The molecule has 0 aliphatic carbocycles.